The van der Waals surface area contributed by atoms with E-state index >= 15 is 0 Å². The van der Waals surface area contributed by atoms with Gasteiger partial charge < -0.3 is 14.7 Å². The van der Waals surface area contributed by atoms with Gasteiger partial charge in [0.05, 0.1) is 6.61 Å². The topological polar surface area (TPSA) is 62.7 Å². The molecule has 1 aromatic rings. The summed E-state index contributed by atoms with van der Waals surface area (Å²) in [7, 11) is 0. The Kier molecular flexibility index (Phi) is 7.22. The molecule has 19 heavy (non-hydrogen) atoms. The second kappa shape index (κ2) is 8.72. The molecule has 1 aromatic heterocycles. The quantitative estimate of drug-likeness (QED) is 0.589. The van der Waals surface area contributed by atoms with Gasteiger partial charge in [0.25, 0.3) is 0 Å². The molecule has 1 rings (SSSR count). The summed E-state index contributed by atoms with van der Waals surface area (Å²) in [6.07, 6.45) is 2.31. The number of nitrogens with zero attached hydrogens (tertiary/aromatic N) is 2. The summed E-state index contributed by atoms with van der Waals surface area (Å²) in [6, 6.07) is 3.57. The second-order valence-corrected chi connectivity index (χ2v) is 4.55. The van der Waals surface area contributed by atoms with E-state index in [1.807, 2.05) is 13.0 Å². The van der Waals surface area contributed by atoms with Gasteiger partial charge in [0, 0.05) is 25.9 Å². The summed E-state index contributed by atoms with van der Waals surface area (Å²) >= 11 is 5.68. The summed E-state index contributed by atoms with van der Waals surface area (Å²) < 4.78 is 5.47. The molecule has 0 bridgehead atoms. The Balaban J connectivity index is 2.16. The van der Waals surface area contributed by atoms with Crippen molar-refractivity contribution < 1.29 is 14.6 Å². The molecule has 0 saturated heterocycles. The van der Waals surface area contributed by atoms with Crippen molar-refractivity contribution in [1.82, 2.24) is 9.88 Å². The van der Waals surface area contributed by atoms with Crippen molar-refractivity contribution in [2.45, 2.75) is 26.4 Å². The highest BCUT2D eigenvalue weighted by atomic mass is 35.5. The zero-order valence-electron chi connectivity index (χ0n) is 11.0. The molecule has 0 spiro atoms. The molecule has 0 aliphatic heterocycles. The van der Waals surface area contributed by atoms with Crippen molar-refractivity contribution in [3.8, 4) is 0 Å². The lowest BCUT2D eigenvalue weighted by atomic mass is 10.3. The number of pyridine rings is 1. The van der Waals surface area contributed by atoms with Gasteiger partial charge in [-0.2, -0.15) is 0 Å². The summed E-state index contributed by atoms with van der Waals surface area (Å²) in [4.78, 5) is 16.2. The molecule has 0 unspecified atom stereocenters. The van der Waals surface area contributed by atoms with Crippen LogP contribution in [-0.2, 0) is 11.3 Å². The largest absolute Gasteiger partial charge is 0.465 e. The predicted octanol–water partition coefficient (Wildman–Crippen LogP) is 3.03. The van der Waals surface area contributed by atoms with Crippen molar-refractivity contribution in [2.24, 2.45) is 0 Å². The highest BCUT2D eigenvalue weighted by molar-refractivity contribution is 6.29. The number of hydrogen-bond acceptors (Lipinski definition) is 3. The van der Waals surface area contributed by atoms with E-state index < -0.39 is 6.09 Å². The first-order valence-electron chi connectivity index (χ1n) is 6.29. The molecule has 1 amide bonds. The first-order valence-corrected chi connectivity index (χ1v) is 6.67. The van der Waals surface area contributed by atoms with Gasteiger partial charge in [-0.1, -0.05) is 24.6 Å². The lowest BCUT2D eigenvalue weighted by Gasteiger charge is -2.17. The van der Waals surface area contributed by atoms with E-state index in [1.54, 1.807) is 12.3 Å². The number of ether oxygens (including phenoxy) is 1. The summed E-state index contributed by atoms with van der Waals surface area (Å²) in [5.74, 6) is 0. The molecule has 0 atom stereocenters. The summed E-state index contributed by atoms with van der Waals surface area (Å²) in [6.45, 7) is 4.01. The van der Waals surface area contributed by atoms with Gasteiger partial charge in [0.1, 0.15) is 5.15 Å². The Morgan fingerprint density at radius 2 is 2.26 bits per heavy atom. The van der Waals surface area contributed by atoms with Crippen LogP contribution in [-0.4, -0.2) is 40.8 Å². The van der Waals surface area contributed by atoms with Crippen LogP contribution < -0.4 is 0 Å². The third-order valence-corrected chi connectivity index (χ3v) is 2.76. The number of halogens is 1. The standard InChI is InChI=1S/C13H19ClN2O3/c1-2-6-16(13(17)18)7-3-8-19-10-11-4-5-12(14)15-9-11/h4-5,9H,2-3,6-8,10H2,1H3,(H,17,18). The van der Waals surface area contributed by atoms with Crippen molar-refractivity contribution in [3.63, 3.8) is 0 Å². The van der Waals surface area contributed by atoms with E-state index in [-0.39, 0.29) is 0 Å². The molecule has 5 nitrogen and oxygen atoms in total. The molecule has 0 radical (unpaired) electrons. The fourth-order valence-corrected chi connectivity index (χ4v) is 1.72. The van der Waals surface area contributed by atoms with Crippen molar-refractivity contribution in [3.05, 3.63) is 29.0 Å². The van der Waals surface area contributed by atoms with Gasteiger partial charge in [0.2, 0.25) is 0 Å². The Morgan fingerprint density at radius 1 is 1.47 bits per heavy atom. The third-order valence-electron chi connectivity index (χ3n) is 2.54. The highest BCUT2D eigenvalue weighted by Crippen LogP contribution is 2.06. The van der Waals surface area contributed by atoms with E-state index in [9.17, 15) is 4.79 Å². The highest BCUT2D eigenvalue weighted by Gasteiger charge is 2.09. The minimum Gasteiger partial charge on any atom is -0.465 e. The number of amides is 1. The van der Waals surface area contributed by atoms with Crippen LogP contribution in [0.5, 0.6) is 0 Å². The van der Waals surface area contributed by atoms with Crippen LogP contribution in [0, 0.1) is 0 Å². The third kappa shape index (κ3) is 6.40. The van der Waals surface area contributed by atoms with Gasteiger partial charge in [-0.25, -0.2) is 9.78 Å². The van der Waals surface area contributed by atoms with Crippen LogP contribution in [0.4, 0.5) is 4.79 Å². The first kappa shape index (κ1) is 15.7. The number of aromatic nitrogens is 1. The van der Waals surface area contributed by atoms with Crippen molar-refractivity contribution in [2.75, 3.05) is 19.7 Å². The Labute approximate surface area is 118 Å². The monoisotopic (exact) mass is 286 g/mol. The zero-order valence-corrected chi connectivity index (χ0v) is 11.8. The van der Waals surface area contributed by atoms with Crippen LogP contribution >= 0.6 is 11.6 Å². The van der Waals surface area contributed by atoms with Gasteiger partial charge in [0.15, 0.2) is 0 Å². The SMILES string of the molecule is CCCN(CCCOCc1ccc(Cl)nc1)C(=O)O. The number of carbonyl (C=O) groups is 1. The molecule has 1 N–H and O–H groups in total. The molecule has 0 saturated carbocycles. The lowest BCUT2D eigenvalue weighted by Crippen LogP contribution is -2.31. The molecule has 0 fully saturated rings. The average Bonchev–Trinajstić information content (AvgIpc) is 2.39. The van der Waals surface area contributed by atoms with Gasteiger partial charge in [-0.3, -0.25) is 0 Å². The van der Waals surface area contributed by atoms with Crippen molar-refractivity contribution >= 4 is 17.7 Å². The summed E-state index contributed by atoms with van der Waals surface area (Å²) in [5, 5.41) is 9.39. The number of hydrogen-bond donors (Lipinski definition) is 1. The first-order chi connectivity index (χ1) is 9.13. The van der Waals surface area contributed by atoms with Gasteiger partial charge in [-0.15, -0.1) is 0 Å². The van der Waals surface area contributed by atoms with Crippen LogP contribution in [0.1, 0.15) is 25.3 Å². The maximum Gasteiger partial charge on any atom is 0.407 e. The van der Waals surface area contributed by atoms with Gasteiger partial charge >= 0.3 is 6.09 Å². The van der Waals surface area contributed by atoms with Crippen LogP contribution in [0.2, 0.25) is 5.15 Å². The molecular weight excluding hydrogens is 268 g/mol. The average molecular weight is 287 g/mol. The minimum absolute atomic E-state index is 0.459. The van der Waals surface area contributed by atoms with E-state index in [1.165, 1.54) is 4.90 Å². The van der Waals surface area contributed by atoms with E-state index in [0.717, 1.165) is 12.0 Å². The number of carboxylic acid groups (broad SMARTS) is 1. The molecule has 1 heterocycles. The second-order valence-electron chi connectivity index (χ2n) is 4.16. The smallest absolute Gasteiger partial charge is 0.407 e. The molecule has 0 aliphatic rings. The Hall–Kier alpha value is -1.33. The maximum absolute atomic E-state index is 10.9. The molecule has 6 heteroatoms. The number of rotatable bonds is 8. The minimum atomic E-state index is -0.872. The fraction of sp³-hybridized carbons (Fsp3) is 0.538. The van der Waals surface area contributed by atoms with E-state index in [2.05, 4.69) is 4.98 Å². The fourth-order valence-electron chi connectivity index (χ4n) is 1.61. The predicted molar refractivity (Wildman–Crippen MR) is 73.4 cm³/mol. The Morgan fingerprint density at radius 3 is 2.84 bits per heavy atom. The molecular formula is C13H19ClN2O3. The molecule has 0 aromatic carbocycles. The van der Waals surface area contributed by atoms with E-state index in [0.29, 0.717) is 37.9 Å². The lowest BCUT2D eigenvalue weighted by molar-refractivity contribution is 0.103. The molecule has 0 aliphatic carbocycles. The maximum atomic E-state index is 10.9. The van der Waals surface area contributed by atoms with Crippen molar-refractivity contribution in [1.29, 1.82) is 0 Å². The Bertz CT molecular complexity index is 384. The molecule has 106 valence electrons. The normalized spacial score (nSPS) is 10.4. The zero-order chi connectivity index (χ0) is 14.1. The van der Waals surface area contributed by atoms with Crippen LogP contribution in [0.3, 0.4) is 0 Å². The van der Waals surface area contributed by atoms with Crippen LogP contribution in [0.15, 0.2) is 18.3 Å². The van der Waals surface area contributed by atoms with Crippen LogP contribution in [0.25, 0.3) is 0 Å². The van der Waals surface area contributed by atoms with Gasteiger partial charge in [-0.05, 0) is 24.5 Å². The van der Waals surface area contributed by atoms with E-state index in [4.69, 9.17) is 21.4 Å². The summed E-state index contributed by atoms with van der Waals surface area (Å²) in [5.41, 5.74) is 0.952.